The van der Waals surface area contributed by atoms with Crippen LogP contribution >= 0.6 is 0 Å². The first kappa shape index (κ1) is 36.0. The molecule has 1 aliphatic rings. The molecule has 0 heterocycles. The highest BCUT2D eigenvalue weighted by Gasteiger charge is 2.86. The number of hydrogen-bond donors (Lipinski definition) is 0. The molecule has 47 heavy (non-hydrogen) atoms. The van der Waals surface area contributed by atoms with E-state index in [1.54, 1.807) is 5.16 Å². The molecule has 258 valence electrons. The Hall–Kier alpha value is -3.85. The SMILES string of the molecule is O=S(=O)(ON=C(c1ccc2c(c1)-c1cccc3cccc-2c13)C(F)(F)C(F)(F)C(F)(F)C(F)F)C(F)(F)C(F)(F)C(F)(F)C(F)(F)F. The maximum atomic E-state index is 15.1. The van der Waals surface area contributed by atoms with Gasteiger partial charge in [0, 0.05) is 5.56 Å². The number of halogens is 17. The molecule has 3 aromatic carbocycles. The Morgan fingerprint density at radius 3 is 1.64 bits per heavy atom. The van der Waals surface area contributed by atoms with Crippen molar-refractivity contribution in [2.24, 2.45) is 5.16 Å². The molecule has 22 heteroatoms. The first-order valence-electron chi connectivity index (χ1n) is 11.9. The highest BCUT2D eigenvalue weighted by molar-refractivity contribution is 7.87. The molecule has 0 unspecified atom stereocenters. The lowest BCUT2D eigenvalue weighted by Gasteiger charge is -2.33. The minimum atomic E-state index is -8.17. The Balaban J connectivity index is 1.94. The van der Waals surface area contributed by atoms with E-state index in [1.807, 2.05) is 0 Å². The summed E-state index contributed by atoms with van der Waals surface area (Å²) in [5.41, 5.74) is -4.75. The largest absolute Gasteiger partial charge is 0.460 e. The second-order valence-electron chi connectivity index (χ2n) is 9.67. The van der Waals surface area contributed by atoms with E-state index < -0.39 is 68.9 Å². The molecule has 4 rings (SSSR count). The standard InChI is InChI=1S/C25H10F17NO3S/c26-18(27)20(30,31)21(32,33)19(28,29)17(43-46-47(44,45)25(41,42)23(36,37)22(34,35)24(38,39)40)11-7-8-12-13-5-1-3-10-4-2-6-14(16(10)13)15(12)9-11/h1-9,18H. The van der Waals surface area contributed by atoms with Crippen LogP contribution in [0.5, 0.6) is 0 Å². The van der Waals surface area contributed by atoms with Gasteiger partial charge in [0.1, 0.15) is 0 Å². The first-order valence-corrected chi connectivity index (χ1v) is 13.3. The van der Waals surface area contributed by atoms with Crippen LogP contribution in [0.4, 0.5) is 74.6 Å². The van der Waals surface area contributed by atoms with E-state index in [1.165, 1.54) is 36.4 Å². The van der Waals surface area contributed by atoms with Gasteiger partial charge in [-0.1, -0.05) is 53.7 Å². The molecule has 0 bridgehead atoms. The number of benzene rings is 3. The van der Waals surface area contributed by atoms with E-state index >= 15 is 8.78 Å². The van der Waals surface area contributed by atoms with Gasteiger partial charge < -0.3 is 0 Å². The van der Waals surface area contributed by atoms with Crippen molar-refractivity contribution in [3.63, 3.8) is 0 Å². The molecule has 0 atom stereocenters. The van der Waals surface area contributed by atoms with Crippen LogP contribution in [0, 0.1) is 0 Å². The van der Waals surface area contributed by atoms with Crippen molar-refractivity contribution >= 4 is 26.6 Å². The molecule has 0 amide bonds. The molecule has 0 saturated heterocycles. The minimum absolute atomic E-state index is 0.0713. The third-order valence-corrected chi connectivity index (χ3v) is 7.97. The fourth-order valence-electron chi connectivity index (χ4n) is 4.38. The Morgan fingerprint density at radius 2 is 1.15 bits per heavy atom. The molecule has 0 aromatic heterocycles. The van der Waals surface area contributed by atoms with Gasteiger partial charge >= 0.3 is 57.6 Å². The second-order valence-corrected chi connectivity index (χ2v) is 11.2. The van der Waals surface area contributed by atoms with Crippen LogP contribution in [-0.4, -0.2) is 61.6 Å². The lowest BCUT2D eigenvalue weighted by Crippen LogP contribution is -2.63. The lowest BCUT2D eigenvalue weighted by molar-refractivity contribution is -0.382. The summed E-state index contributed by atoms with van der Waals surface area (Å²) in [6.45, 7) is 0. The molecule has 4 nitrogen and oxygen atoms in total. The van der Waals surface area contributed by atoms with Gasteiger partial charge in [-0.3, -0.25) is 4.28 Å². The van der Waals surface area contributed by atoms with Gasteiger partial charge in [-0.15, -0.1) is 0 Å². The van der Waals surface area contributed by atoms with Crippen molar-refractivity contribution in [3.05, 3.63) is 60.2 Å². The Bertz CT molecular complexity index is 1860. The van der Waals surface area contributed by atoms with Gasteiger partial charge in [-0.05, 0) is 39.1 Å². The van der Waals surface area contributed by atoms with E-state index in [9.17, 15) is 74.3 Å². The average molecular weight is 727 g/mol. The van der Waals surface area contributed by atoms with Crippen molar-refractivity contribution in [2.45, 2.75) is 47.5 Å². The Morgan fingerprint density at radius 1 is 0.638 bits per heavy atom. The molecule has 0 spiro atoms. The van der Waals surface area contributed by atoms with Crippen molar-refractivity contribution in [1.82, 2.24) is 0 Å². The summed E-state index contributed by atoms with van der Waals surface area (Å²) in [4.78, 5) is 0. The van der Waals surface area contributed by atoms with Crippen LogP contribution in [-0.2, 0) is 14.4 Å². The topological polar surface area (TPSA) is 55.7 Å². The van der Waals surface area contributed by atoms with Crippen molar-refractivity contribution < 1.29 is 87.3 Å². The fourth-order valence-corrected chi connectivity index (χ4v) is 5.08. The third kappa shape index (κ3) is 4.95. The summed E-state index contributed by atoms with van der Waals surface area (Å²) in [5.74, 6) is -37.2. The lowest BCUT2D eigenvalue weighted by atomic mass is 9.92. The van der Waals surface area contributed by atoms with Crippen LogP contribution in [0.1, 0.15) is 5.56 Å². The zero-order valence-corrected chi connectivity index (χ0v) is 22.6. The average Bonchev–Trinajstić information content (AvgIpc) is 3.26. The Labute approximate surface area is 249 Å². The number of alkyl halides is 17. The molecule has 0 N–H and O–H groups in total. The smallest absolute Gasteiger partial charge is 0.263 e. The van der Waals surface area contributed by atoms with E-state index in [0.29, 0.717) is 22.4 Å². The van der Waals surface area contributed by atoms with Gasteiger partial charge in [0.25, 0.3) is 0 Å². The normalized spacial score (nSPS) is 15.4. The van der Waals surface area contributed by atoms with Crippen molar-refractivity contribution in [3.8, 4) is 22.3 Å². The molecule has 0 aliphatic heterocycles. The van der Waals surface area contributed by atoms with E-state index in [2.05, 4.69) is 4.28 Å². The number of oxime groups is 1. The number of fused-ring (bicyclic) bond motifs is 3. The van der Waals surface area contributed by atoms with Crippen LogP contribution < -0.4 is 0 Å². The summed E-state index contributed by atoms with van der Waals surface area (Å²) < 4.78 is 258. The quantitative estimate of drug-likeness (QED) is 0.0931. The summed E-state index contributed by atoms with van der Waals surface area (Å²) in [7, 11) is -8.17. The van der Waals surface area contributed by atoms with Gasteiger partial charge in [-0.2, -0.15) is 74.3 Å². The van der Waals surface area contributed by atoms with Crippen molar-refractivity contribution in [2.75, 3.05) is 0 Å². The van der Waals surface area contributed by atoms with E-state index in [-0.39, 0.29) is 22.8 Å². The molecular weight excluding hydrogens is 717 g/mol. The third-order valence-electron chi connectivity index (χ3n) is 6.82. The number of nitrogens with zero attached hydrogens (tertiary/aromatic N) is 1. The first-order chi connectivity index (χ1) is 21.1. The van der Waals surface area contributed by atoms with Gasteiger partial charge in [-0.25, -0.2) is 8.78 Å². The maximum absolute atomic E-state index is 15.1. The summed E-state index contributed by atoms with van der Waals surface area (Å²) >= 11 is 0. The second kappa shape index (κ2) is 10.6. The molecule has 0 saturated carbocycles. The van der Waals surface area contributed by atoms with Crippen LogP contribution in [0.15, 0.2) is 59.8 Å². The summed E-state index contributed by atoms with van der Waals surface area (Å²) in [6, 6.07) is 9.96. The van der Waals surface area contributed by atoms with Gasteiger partial charge in [0.05, 0.1) is 0 Å². The van der Waals surface area contributed by atoms with Gasteiger partial charge in [0.2, 0.25) is 0 Å². The van der Waals surface area contributed by atoms with E-state index in [0.717, 1.165) is 6.07 Å². The number of rotatable bonds is 10. The minimum Gasteiger partial charge on any atom is -0.263 e. The summed E-state index contributed by atoms with van der Waals surface area (Å²) in [6.07, 6.45) is -13.2. The predicted molar refractivity (Wildman–Crippen MR) is 127 cm³/mol. The molecule has 1 aliphatic carbocycles. The summed E-state index contributed by atoms with van der Waals surface area (Å²) in [5, 5.41) is -5.33. The van der Waals surface area contributed by atoms with E-state index in [4.69, 9.17) is 0 Å². The predicted octanol–water partition coefficient (Wildman–Crippen LogP) is 9.13. The zero-order chi connectivity index (χ0) is 36.0. The van der Waals surface area contributed by atoms with Crippen LogP contribution in [0.3, 0.4) is 0 Å². The van der Waals surface area contributed by atoms with Crippen LogP contribution in [0.2, 0.25) is 0 Å². The number of hydrogen-bond acceptors (Lipinski definition) is 4. The monoisotopic (exact) mass is 727 g/mol. The molecular formula is C25H10F17NO3S. The molecule has 0 radical (unpaired) electrons. The van der Waals surface area contributed by atoms with Crippen molar-refractivity contribution in [1.29, 1.82) is 0 Å². The molecule has 3 aromatic rings. The maximum Gasteiger partial charge on any atom is 0.460 e. The highest BCUT2D eigenvalue weighted by Crippen LogP contribution is 2.56. The zero-order valence-electron chi connectivity index (χ0n) is 21.8. The molecule has 0 fully saturated rings. The van der Waals surface area contributed by atoms with Crippen LogP contribution in [0.25, 0.3) is 33.0 Å². The van der Waals surface area contributed by atoms with Gasteiger partial charge in [0.15, 0.2) is 5.71 Å². The fraction of sp³-hybridized carbons (Fsp3) is 0.320. The highest BCUT2D eigenvalue weighted by atomic mass is 32.2. The Kier molecular flexibility index (Phi) is 8.10.